The van der Waals surface area contributed by atoms with Crippen molar-refractivity contribution < 1.29 is 14.7 Å². The van der Waals surface area contributed by atoms with Gasteiger partial charge in [0.2, 0.25) is 5.91 Å². The van der Waals surface area contributed by atoms with Crippen LogP contribution in [0.25, 0.3) is 0 Å². The lowest BCUT2D eigenvalue weighted by molar-refractivity contribution is -0.119. The predicted molar refractivity (Wildman–Crippen MR) is 65.8 cm³/mol. The van der Waals surface area contributed by atoms with Crippen molar-refractivity contribution in [3.05, 3.63) is 23.4 Å². The maximum absolute atomic E-state index is 11.5. The number of aryl methyl sites for hydroxylation is 1. The van der Waals surface area contributed by atoms with E-state index in [1.54, 1.807) is 6.92 Å². The molecule has 96 valence electrons. The molecule has 1 fully saturated rings. The van der Waals surface area contributed by atoms with Gasteiger partial charge in [0.05, 0.1) is 12.1 Å². The van der Waals surface area contributed by atoms with Gasteiger partial charge in [0, 0.05) is 18.8 Å². The van der Waals surface area contributed by atoms with Crippen LogP contribution in [0.5, 0.6) is 0 Å². The molecule has 0 spiro atoms. The molecule has 0 unspecified atom stereocenters. The van der Waals surface area contributed by atoms with Crippen LogP contribution in [0, 0.1) is 6.92 Å². The zero-order valence-corrected chi connectivity index (χ0v) is 10.1. The van der Waals surface area contributed by atoms with Gasteiger partial charge in [0.15, 0.2) is 0 Å². The number of anilines is 1. The molecule has 18 heavy (non-hydrogen) atoms. The Labute approximate surface area is 105 Å². The highest BCUT2D eigenvalue weighted by atomic mass is 16.4. The van der Waals surface area contributed by atoms with E-state index in [0.717, 1.165) is 6.42 Å². The Morgan fingerprint density at radius 3 is 3.00 bits per heavy atom. The lowest BCUT2D eigenvalue weighted by Crippen LogP contribution is -2.33. The normalized spacial score (nSPS) is 16.1. The van der Waals surface area contributed by atoms with E-state index in [1.165, 1.54) is 12.1 Å². The van der Waals surface area contributed by atoms with E-state index in [2.05, 4.69) is 10.3 Å². The number of rotatable bonds is 2. The van der Waals surface area contributed by atoms with Gasteiger partial charge in [-0.05, 0) is 25.5 Å². The number of hydrogen-bond acceptors (Lipinski definition) is 4. The van der Waals surface area contributed by atoms with Crippen molar-refractivity contribution in [1.82, 2.24) is 10.3 Å². The van der Waals surface area contributed by atoms with Gasteiger partial charge in [-0.2, -0.15) is 0 Å². The third-order valence-electron chi connectivity index (χ3n) is 2.77. The first-order chi connectivity index (χ1) is 8.56. The average molecular weight is 249 g/mol. The quantitative estimate of drug-likeness (QED) is 0.793. The third-order valence-corrected chi connectivity index (χ3v) is 2.77. The van der Waals surface area contributed by atoms with Gasteiger partial charge in [-0.3, -0.25) is 4.79 Å². The highest BCUT2D eigenvalue weighted by Crippen LogP contribution is 2.16. The standard InChI is InChI=1S/C12H15N3O3/c1-8-5-9(12(17)18)6-10(14-8)15-4-2-3-13-11(16)7-15/h5-6H,2-4,7H2,1H3,(H,13,16)(H,17,18). The van der Waals surface area contributed by atoms with Crippen LogP contribution in [0.3, 0.4) is 0 Å². The molecule has 0 aromatic carbocycles. The Bertz CT molecular complexity index is 487. The van der Waals surface area contributed by atoms with Crippen LogP contribution in [-0.4, -0.2) is 41.6 Å². The Kier molecular flexibility index (Phi) is 3.45. The second kappa shape index (κ2) is 5.03. The summed E-state index contributed by atoms with van der Waals surface area (Å²) in [6.07, 6.45) is 0.823. The first-order valence-electron chi connectivity index (χ1n) is 5.80. The van der Waals surface area contributed by atoms with Crippen LogP contribution in [0.2, 0.25) is 0 Å². The Hall–Kier alpha value is -2.11. The molecule has 2 N–H and O–H groups in total. The molecule has 6 heteroatoms. The number of amides is 1. The minimum absolute atomic E-state index is 0.0623. The number of carbonyl (C=O) groups is 2. The fourth-order valence-corrected chi connectivity index (χ4v) is 1.94. The van der Waals surface area contributed by atoms with Crippen molar-refractivity contribution >= 4 is 17.7 Å². The summed E-state index contributed by atoms with van der Waals surface area (Å²) in [6, 6.07) is 3.03. The van der Waals surface area contributed by atoms with Crippen LogP contribution >= 0.6 is 0 Å². The molecule has 1 aliphatic rings. The highest BCUT2D eigenvalue weighted by Gasteiger charge is 2.17. The van der Waals surface area contributed by atoms with Crippen LogP contribution in [0.4, 0.5) is 5.82 Å². The minimum Gasteiger partial charge on any atom is -0.478 e. The monoisotopic (exact) mass is 249 g/mol. The van der Waals surface area contributed by atoms with Gasteiger partial charge in [-0.1, -0.05) is 0 Å². The number of pyridine rings is 1. The summed E-state index contributed by atoms with van der Waals surface area (Å²) in [5, 5.41) is 11.8. The molecule has 0 aliphatic carbocycles. The van der Waals surface area contributed by atoms with E-state index in [-0.39, 0.29) is 18.0 Å². The van der Waals surface area contributed by atoms with E-state index >= 15 is 0 Å². The molecule has 1 saturated heterocycles. The van der Waals surface area contributed by atoms with E-state index < -0.39 is 5.97 Å². The van der Waals surface area contributed by atoms with Crippen molar-refractivity contribution in [2.45, 2.75) is 13.3 Å². The van der Waals surface area contributed by atoms with E-state index in [1.807, 2.05) is 4.90 Å². The molecule has 1 aliphatic heterocycles. The summed E-state index contributed by atoms with van der Waals surface area (Å²) in [6.45, 7) is 3.30. The Morgan fingerprint density at radius 1 is 1.50 bits per heavy atom. The average Bonchev–Trinajstić information content (AvgIpc) is 2.53. The number of aromatic carboxylic acids is 1. The summed E-state index contributed by atoms with van der Waals surface area (Å²) in [5.41, 5.74) is 0.830. The summed E-state index contributed by atoms with van der Waals surface area (Å²) in [5.74, 6) is -0.502. The fraction of sp³-hybridized carbons (Fsp3) is 0.417. The number of nitrogens with one attached hydrogen (secondary N) is 1. The first kappa shape index (κ1) is 12.3. The second-order valence-electron chi connectivity index (χ2n) is 4.29. The maximum atomic E-state index is 11.5. The number of carboxylic acids is 1. The van der Waals surface area contributed by atoms with Crippen molar-refractivity contribution in [2.24, 2.45) is 0 Å². The highest BCUT2D eigenvalue weighted by molar-refractivity contribution is 5.89. The lowest BCUT2D eigenvalue weighted by atomic mass is 10.2. The number of nitrogens with zero attached hydrogens (tertiary/aromatic N) is 2. The summed E-state index contributed by atoms with van der Waals surface area (Å²) in [7, 11) is 0. The first-order valence-corrected chi connectivity index (χ1v) is 5.80. The smallest absolute Gasteiger partial charge is 0.335 e. The molecule has 0 saturated carbocycles. The number of hydrogen-bond donors (Lipinski definition) is 2. The van der Waals surface area contributed by atoms with Crippen LogP contribution < -0.4 is 10.2 Å². The van der Waals surface area contributed by atoms with Crippen LogP contribution in [-0.2, 0) is 4.79 Å². The van der Waals surface area contributed by atoms with Crippen LogP contribution in [0.1, 0.15) is 22.5 Å². The summed E-state index contributed by atoms with van der Waals surface area (Å²) >= 11 is 0. The van der Waals surface area contributed by atoms with E-state index in [9.17, 15) is 9.59 Å². The third kappa shape index (κ3) is 2.77. The van der Waals surface area contributed by atoms with Gasteiger partial charge in [-0.15, -0.1) is 0 Å². The molecular formula is C12H15N3O3. The number of carbonyl (C=O) groups excluding carboxylic acids is 1. The molecule has 0 radical (unpaired) electrons. The van der Waals surface area contributed by atoms with Gasteiger partial charge < -0.3 is 15.3 Å². The van der Waals surface area contributed by atoms with Crippen LogP contribution in [0.15, 0.2) is 12.1 Å². The number of carboxylic acid groups (broad SMARTS) is 1. The second-order valence-corrected chi connectivity index (χ2v) is 4.29. The fourth-order valence-electron chi connectivity index (χ4n) is 1.94. The van der Waals surface area contributed by atoms with Gasteiger partial charge >= 0.3 is 5.97 Å². The lowest BCUT2D eigenvalue weighted by Gasteiger charge is -2.20. The zero-order chi connectivity index (χ0) is 13.1. The summed E-state index contributed by atoms with van der Waals surface area (Å²) in [4.78, 5) is 28.6. The molecule has 1 amide bonds. The molecule has 6 nitrogen and oxygen atoms in total. The van der Waals surface area contributed by atoms with Gasteiger partial charge in [-0.25, -0.2) is 9.78 Å². The molecule has 0 bridgehead atoms. The SMILES string of the molecule is Cc1cc(C(=O)O)cc(N2CCCNC(=O)C2)n1. The molecule has 1 aromatic rings. The molecule has 1 aromatic heterocycles. The van der Waals surface area contributed by atoms with E-state index in [4.69, 9.17) is 5.11 Å². The van der Waals surface area contributed by atoms with Crippen molar-refractivity contribution in [3.63, 3.8) is 0 Å². The zero-order valence-electron chi connectivity index (χ0n) is 10.1. The number of aromatic nitrogens is 1. The topological polar surface area (TPSA) is 82.5 Å². The molecule has 2 rings (SSSR count). The minimum atomic E-state index is -0.985. The molecule has 0 atom stereocenters. The predicted octanol–water partition coefficient (Wildman–Crippen LogP) is 0.415. The van der Waals surface area contributed by atoms with Crippen molar-refractivity contribution in [1.29, 1.82) is 0 Å². The maximum Gasteiger partial charge on any atom is 0.335 e. The van der Waals surface area contributed by atoms with Gasteiger partial charge in [0.1, 0.15) is 5.82 Å². The van der Waals surface area contributed by atoms with Crippen molar-refractivity contribution in [3.8, 4) is 0 Å². The molecular weight excluding hydrogens is 234 g/mol. The van der Waals surface area contributed by atoms with E-state index in [0.29, 0.717) is 24.6 Å². The Balaban J connectivity index is 2.31. The summed E-state index contributed by atoms with van der Waals surface area (Å²) < 4.78 is 0. The molecule has 2 heterocycles. The van der Waals surface area contributed by atoms with Crippen molar-refractivity contribution in [2.75, 3.05) is 24.5 Å². The Morgan fingerprint density at radius 2 is 2.28 bits per heavy atom. The largest absolute Gasteiger partial charge is 0.478 e. The van der Waals surface area contributed by atoms with Gasteiger partial charge in [0.25, 0.3) is 0 Å².